The topological polar surface area (TPSA) is 68.8 Å². The Morgan fingerprint density at radius 3 is 2.55 bits per heavy atom. The lowest BCUT2D eigenvalue weighted by atomic mass is 10.2. The van der Waals surface area contributed by atoms with Crippen molar-refractivity contribution in [1.82, 2.24) is 14.8 Å². The number of carbonyl (C=O) groups excluding carboxylic acids is 2. The van der Waals surface area contributed by atoms with E-state index in [2.05, 4.69) is 62.3 Å². The Kier molecular flexibility index (Phi) is 7.22. The number of benzene rings is 1. The quantitative estimate of drug-likeness (QED) is 0.717. The number of aromatic nitrogens is 1. The molecule has 0 bridgehead atoms. The molecule has 1 aliphatic heterocycles. The fraction of sp³-hybridized carbons (Fsp3) is 0.381. The summed E-state index contributed by atoms with van der Waals surface area (Å²) in [5, 5.41) is 2.74. The third-order valence-electron chi connectivity index (χ3n) is 4.81. The lowest BCUT2D eigenvalue weighted by Gasteiger charge is -2.36. The Morgan fingerprint density at radius 2 is 1.90 bits per heavy atom. The molecule has 0 spiro atoms. The van der Waals surface area contributed by atoms with Gasteiger partial charge in [-0.05, 0) is 59.7 Å². The molecule has 2 heterocycles. The predicted octanol–water partition coefficient (Wildman–Crippen LogP) is 2.37. The molecule has 29 heavy (non-hydrogen) atoms. The fourth-order valence-electron chi connectivity index (χ4n) is 3.30. The van der Waals surface area contributed by atoms with Gasteiger partial charge in [-0.2, -0.15) is 0 Å². The Morgan fingerprint density at radius 1 is 1.14 bits per heavy atom. The van der Waals surface area contributed by atoms with Crippen molar-refractivity contribution in [2.24, 2.45) is 0 Å². The van der Waals surface area contributed by atoms with Gasteiger partial charge in [0.25, 0.3) is 0 Å². The number of carbonyl (C=O) groups is 2. The Balaban J connectivity index is 1.43. The lowest BCUT2D eigenvalue weighted by Crippen LogP contribution is -2.51. The molecule has 7 nitrogen and oxygen atoms in total. The van der Waals surface area contributed by atoms with Crippen LogP contribution in [0.3, 0.4) is 0 Å². The van der Waals surface area contributed by atoms with Gasteiger partial charge >= 0.3 is 0 Å². The van der Waals surface area contributed by atoms with Crippen LogP contribution in [0.25, 0.3) is 0 Å². The van der Waals surface area contributed by atoms with E-state index in [0.717, 1.165) is 17.6 Å². The zero-order valence-electron chi connectivity index (χ0n) is 16.8. The SMILES string of the molecule is Cc1cccc(N2CCN(C(=O)CN(C)CC(=O)Nc3ccc(Br)cn3)CC2)c1. The Hall–Kier alpha value is -2.45. The van der Waals surface area contributed by atoms with Crippen LogP contribution in [0, 0.1) is 6.92 Å². The van der Waals surface area contributed by atoms with Crippen LogP contribution in [0.2, 0.25) is 0 Å². The maximum absolute atomic E-state index is 12.6. The van der Waals surface area contributed by atoms with E-state index in [4.69, 9.17) is 0 Å². The molecule has 154 valence electrons. The van der Waals surface area contributed by atoms with Crippen LogP contribution in [0.4, 0.5) is 11.5 Å². The lowest BCUT2D eigenvalue weighted by molar-refractivity contribution is -0.132. The maximum atomic E-state index is 12.6. The summed E-state index contributed by atoms with van der Waals surface area (Å²) in [5.41, 5.74) is 2.44. The van der Waals surface area contributed by atoms with Crippen LogP contribution in [-0.2, 0) is 9.59 Å². The van der Waals surface area contributed by atoms with Gasteiger partial charge in [-0.3, -0.25) is 14.5 Å². The van der Waals surface area contributed by atoms with Crippen molar-refractivity contribution >= 4 is 39.2 Å². The molecule has 2 amide bonds. The third kappa shape index (κ3) is 6.27. The van der Waals surface area contributed by atoms with Gasteiger partial charge in [0.1, 0.15) is 5.82 Å². The summed E-state index contributed by atoms with van der Waals surface area (Å²) in [6, 6.07) is 12.0. The second kappa shape index (κ2) is 9.84. The molecule has 1 fully saturated rings. The van der Waals surface area contributed by atoms with E-state index in [1.54, 1.807) is 24.2 Å². The highest BCUT2D eigenvalue weighted by Gasteiger charge is 2.22. The van der Waals surface area contributed by atoms with E-state index >= 15 is 0 Å². The van der Waals surface area contributed by atoms with Crippen molar-refractivity contribution in [3.8, 4) is 0 Å². The molecule has 0 atom stereocenters. The monoisotopic (exact) mass is 459 g/mol. The summed E-state index contributed by atoms with van der Waals surface area (Å²) in [5.74, 6) is 0.343. The predicted molar refractivity (Wildman–Crippen MR) is 118 cm³/mol. The zero-order valence-corrected chi connectivity index (χ0v) is 18.4. The molecular formula is C21H26BrN5O2. The number of nitrogens with zero attached hydrogens (tertiary/aromatic N) is 4. The van der Waals surface area contributed by atoms with Gasteiger partial charge in [0.05, 0.1) is 13.1 Å². The van der Waals surface area contributed by atoms with Gasteiger partial charge in [0.2, 0.25) is 11.8 Å². The van der Waals surface area contributed by atoms with Crippen LogP contribution in [0.1, 0.15) is 5.56 Å². The maximum Gasteiger partial charge on any atom is 0.239 e. The molecule has 0 radical (unpaired) electrons. The summed E-state index contributed by atoms with van der Waals surface area (Å²) >= 11 is 3.31. The number of nitrogens with one attached hydrogen (secondary N) is 1. The van der Waals surface area contributed by atoms with Gasteiger partial charge in [0, 0.05) is 42.5 Å². The average Bonchev–Trinajstić information content (AvgIpc) is 2.69. The van der Waals surface area contributed by atoms with E-state index in [1.807, 2.05) is 11.0 Å². The van der Waals surface area contributed by atoms with Crippen LogP contribution in [0.15, 0.2) is 47.1 Å². The summed E-state index contributed by atoms with van der Waals surface area (Å²) in [7, 11) is 1.77. The first-order valence-corrected chi connectivity index (χ1v) is 10.4. The minimum absolute atomic E-state index is 0.0472. The number of hydrogen-bond donors (Lipinski definition) is 1. The number of anilines is 2. The van der Waals surface area contributed by atoms with Gasteiger partial charge in [0.15, 0.2) is 0 Å². The van der Waals surface area contributed by atoms with Crippen molar-refractivity contribution in [3.63, 3.8) is 0 Å². The molecule has 0 saturated carbocycles. The molecule has 1 aromatic carbocycles. The first-order chi connectivity index (χ1) is 13.9. The molecule has 1 N–H and O–H groups in total. The van der Waals surface area contributed by atoms with Gasteiger partial charge in [-0.1, -0.05) is 12.1 Å². The minimum Gasteiger partial charge on any atom is -0.368 e. The highest BCUT2D eigenvalue weighted by Crippen LogP contribution is 2.18. The first-order valence-electron chi connectivity index (χ1n) is 9.60. The fourth-order valence-corrected chi connectivity index (χ4v) is 3.54. The highest BCUT2D eigenvalue weighted by atomic mass is 79.9. The van der Waals surface area contributed by atoms with E-state index < -0.39 is 0 Å². The van der Waals surface area contributed by atoms with Crippen LogP contribution in [-0.4, -0.2) is 72.9 Å². The van der Waals surface area contributed by atoms with Gasteiger partial charge in [-0.25, -0.2) is 4.98 Å². The molecule has 1 aromatic heterocycles. The molecule has 1 saturated heterocycles. The normalized spacial score (nSPS) is 14.2. The van der Waals surface area contributed by atoms with Crippen molar-refractivity contribution in [1.29, 1.82) is 0 Å². The number of likely N-dealkylation sites (N-methyl/N-ethyl adjacent to an activating group) is 1. The number of pyridine rings is 1. The third-order valence-corrected chi connectivity index (χ3v) is 5.28. The Bertz CT molecular complexity index is 850. The number of rotatable bonds is 6. The van der Waals surface area contributed by atoms with E-state index in [0.29, 0.717) is 18.9 Å². The molecular weight excluding hydrogens is 434 g/mol. The molecule has 8 heteroatoms. The van der Waals surface area contributed by atoms with Crippen LogP contribution in [0.5, 0.6) is 0 Å². The van der Waals surface area contributed by atoms with E-state index in [9.17, 15) is 9.59 Å². The Labute approximate surface area is 179 Å². The number of piperazine rings is 1. The first kappa shape index (κ1) is 21.3. The summed E-state index contributed by atoms with van der Waals surface area (Å²) in [6.07, 6.45) is 1.62. The highest BCUT2D eigenvalue weighted by molar-refractivity contribution is 9.10. The smallest absolute Gasteiger partial charge is 0.239 e. The summed E-state index contributed by atoms with van der Waals surface area (Å²) in [6.45, 7) is 5.44. The minimum atomic E-state index is -0.195. The summed E-state index contributed by atoms with van der Waals surface area (Å²) in [4.78, 5) is 34.8. The zero-order chi connectivity index (χ0) is 20.8. The molecule has 0 unspecified atom stereocenters. The average molecular weight is 460 g/mol. The number of halogens is 1. The van der Waals surface area contributed by atoms with Crippen LogP contribution >= 0.6 is 15.9 Å². The van der Waals surface area contributed by atoms with Crippen molar-refractivity contribution in [2.75, 3.05) is 56.5 Å². The van der Waals surface area contributed by atoms with Gasteiger partial charge in [-0.15, -0.1) is 0 Å². The van der Waals surface area contributed by atoms with E-state index in [-0.39, 0.29) is 24.9 Å². The standard InChI is InChI=1S/C21H26BrN5O2/c1-16-4-3-5-18(12-16)26-8-10-27(11-9-26)21(29)15-25(2)14-20(28)24-19-7-6-17(22)13-23-19/h3-7,12-13H,8-11,14-15H2,1-2H3,(H,23,24,28). The molecule has 2 aromatic rings. The van der Waals surface area contributed by atoms with E-state index in [1.165, 1.54) is 11.3 Å². The van der Waals surface area contributed by atoms with Gasteiger partial charge < -0.3 is 15.1 Å². The molecule has 3 rings (SSSR count). The number of hydrogen-bond acceptors (Lipinski definition) is 5. The van der Waals surface area contributed by atoms with Crippen molar-refractivity contribution in [3.05, 3.63) is 52.6 Å². The largest absolute Gasteiger partial charge is 0.368 e. The second-order valence-corrected chi connectivity index (χ2v) is 8.20. The van der Waals surface area contributed by atoms with Crippen LogP contribution < -0.4 is 10.2 Å². The van der Waals surface area contributed by atoms with Crippen molar-refractivity contribution in [2.45, 2.75) is 6.92 Å². The summed E-state index contributed by atoms with van der Waals surface area (Å²) < 4.78 is 0.848. The molecule has 0 aliphatic carbocycles. The second-order valence-electron chi connectivity index (χ2n) is 7.29. The number of amides is 2. The number of aryl methyl sites for hydroxylation is 1. The van der Waals surface area contributed by atoms with Crippen molar-refractivity contribution < 1.29 is 9.59 Å². The molecule has 1 aliphatic rings.